The Morgan fingerprint density at radius 2 is 1.78 bits per heavy atom. The van der Waals surface area contributed by atoms with Gasteiger partial charge in [0, 0.05) is 29.3 Å². The third-order valence-corrected chi connectivity index (χ3v) is 3.24. The van der Waals surface area contributed by atoms with E-state index >= 15 is 0 Å². The molecule has 2 aromatic rings. The quantitative estimate of drug-likeness (QED) is 0.470. The van der Waals surface area contributed by atoms with Gasteiger partial charge in [0.15, 0.2) is 0 Å². The SMILES string of the molecule is O=C(CCCOc1ccc(Cl)cc1)Nc1ccc([N+](=O)[O-])cc1. The Balaban J connectivity index is 1.70. The minimum Gasteiger partial charge on any atom is -0.494 e. The van der Waals surface area contributed by atoms with Gasteiger partial charge in [-0.25, -0.2) is 0 Å². The second-order valence-corrected chi connectivity index (χ2v) is 5.19. The summed E-state index contributed by atoms with van der Waals surface area (Å²) in [5, 5.41) is 13.9. The molecule has 7 heteroatoms. The Bertz CT molecular complexity index is 671. The molecule has 23 heavy (non-hydrogen) atoms. The zero-order chi connectivity index (χ0) is 16.7. The fourth-order valence-corrected chi connectivity index (χ4v) is 1.97. The van der Waals surface area contributed by atoms with Crippen molar-refractivity contribution in [1.82, 2.24) is 0 Å². The van der Waals surface area contributed by atoms with Crippen LogP contribution in [0.15, 0.2) is 48.5 Å². The Kier molecular flexibility index (Phi) is 5.94. The van der Waals surface area contributed by atoms with Crippen LogP contribution in [0.25, 0.3) is 0 Å². The van der Waals surface area contributed by atoms with Gasteiger partial charge >= 0.3 is 0 Å². The zero-order valence-electron chi connectivity index (χ0n) is 12.2. The monoisotopic (exact) mass is 334 g/mol. The molecule has 6 nitrogen and oxygen atoms in total. The maximum Gasteiger partial charge on any atom is 0.269 e. The number of anilines is 1. The summed E-state index contributed by atoms with van der Waals surface area (Å²) >= 11 is 5.77. The molecule has 2 rings (SSSR count). The summed E-state index contributed by atoms with van der Waals surface area (Å²) in [6.45, 7) is 0.412. The van der Waals surface area contributed by atoms with Crippen molar-refractivity contribution in [3.63, 3.8) is 0 Å². The predicted molar refractivity (Wildman–Crippen MR) is 87.9 cm³/mol. The number of ether oxygens (including phenoxy) is 1. The van der Waals surface area contributed by atoms with Crippen molar-refractivity contribution in [3.8, 4) is 5.75 Å². The molecule has 0 aliphatic heterocycles. The van der Waals surface area contributed by atoms with Crippen LogP contribution in [0.1, 0.15) is 12.8 Å². The number of nitro groups is 1. The molecule has 1 N–H and O–H groups in total. The number of hydrogen-bond donors (Lipinski definition) is 1. The first-order valence-electron chi connectivity index (χ1n) is 6.97. The van der Waals surface area contributed by atoms with Crippen LogP contribution in [-0.2, 0) is 4.79 Å². The first kappa shape index (κ1) is 16.8. The van der Waals surface area contributed by atoms with E-state index in [0.29, 0.717) is 35.9 Å². The van der Waals surface area contributed by atoms with Gasteiger partial charge < -0.3 is 10.1 Å². The normalized spacial score (nSPS) is 10.1. The van der Waals surface area contributed by atoms with Gasteiger partial charge in [-0.15, -0.1) is 0 Å². The number of benzene rings is 2. The van der Waals surface area contributed by atoms with E-state index in [2.05, 4.69) is 5.32 Å². The van der Waals surface area contributed by atoms with Crippen LogP contribution in [0.2, 0.25) is 5.02 Å². The van der Waals surface area contributed by atoms with E-state index in [1.807, 2.05) is 0 Å². The summed E-state index contributed by atoms with van der Waals surface area (Å²) in [6.07, 6.45) is 0.853. The van der Waals surface area contributed by atoms with Crippen LogP contribution < -0.4 is 10.1 Å². The molecule has 0 spiro atoms. The summed E-state index contributed by atoms with van der Waals surface area (Å²) in [7, 11) is 0. The zero-order valence-corrected chi connectivity index (χ0v) is 13.0. The highest BCUT2D eigenvalue weighted by Crippen LogP contribution is 2.17. The fourth-order valence-electron chi connectivity index (χ4n) is 1.84. The largest absolute Gasteiger partial charge is 0.494 e. The van der Waals surface area contributed by atoms with Gasteiger partial charge in [0.05, 0.1) is 11.5 Å². The maximum atomic E-state index is 11.8. The number of nitrogens with one attached hydrogen (secondary N) is 1. The van der Waals surface area contributed by atoms with Crippen LogP contribution in [-0.4, -0.2) is 17.4 Å². The molecule has 0 aliphatic carbocycles. The third-order valence-electron chi connectivity index (χ3n) is 2.99. The second kappa shape index (κ2) is 8.14. The standard InChI is InChI=1S/C16H15ClN2O4/c17-12-3-9-15(10-4-12)23-11-1-2-16(20)18-13-5-7-14(8-6-13)19(21)22/h3-10H,1-2,11H2,(H,18,20). The number of non-ortho nitro benzene ring substituents is 1. The molecule has 0 aliphatic rings. The highest BCUT2D eigenvalue weighted by atomic mass is 35.5. The molecule has 0 unspecified atom stereocenters. The van der Waals surface area contributed by atoms with Crippen LogP contribution in [0.5, 0.6) is 5.75 Å². The number of rotatable bonds is 7. The van der Waals surface area contributed by atoms with Crippen molar-refractivity contribution in [2.75, 3.05) is 11.9 Å². The molecule has 0 saturated heterocycles. The van der Waals surface area contributed by atoms with Crippen LogP contribution in [0, 0.1) is 10.1 Å². The Morgan fingerprint density at radius 3 is 2.39 bits per heavy atom. The van der Waals surface area contributed by atoms with Gasteiger partial charge in [0.1, 0.15) is 5.75 Å². The van der Waals surface area contributed by atoms with Gasteiger partial charge in [0.25, 0.3) is 5.69 Å². The van der Waals surface area contributed by atoms with Crippen molar-refractivity contribution in [3.05, 3.63) is 63.7 Å². The molecule has 0 saturated carbocycles. The molecule has 0 heterocycles. The Labute approximate surface area is 138 Å². The van der Waals surface area contributed by atoms with Gasteiger partial charge in [-0.3, -0.25) is 14.9 Å². The van der Waals surface area contributed by atoms with Gasteiger partial charge in [-0.1, -0.05) is 11.6 Å². The number of hydrogen-bond acceptors (Lipinski definition) is 4. The molecule has 0 fully saturated rings. The number of amides is 1. The van der Waals surface area contributed by atoms with Crippen molar-refractivity contribution < 1.29 is 14.5 Å². The predicted octanol–water partition coefficient (Wildman–Crippen LogP) is 4.05. The summed E-state index contributed by atoms with van der Waals surface area (Å²) < 4.78 is 5.49. The lowest BCUT2D eigenvalue weighted by atomic mass is 10.2. The van der Waals surface area contributed by atoms with Crippen LogP contribution in [0.3, 0.4) is 0 Å². The van der Waals surface area contributed by atoms with E-state index < -0.39 is 4.92 Å². The number of nitrogens with zero attached hydrogens (tertiary/aromatic N) is 1. The van der Waals surface area contributed by atoms with Crippen molar-refractivity contribution in [2.24, 2.45) is 0 Å². The molecule has 0 bridgehead atoms. The molecule has 0 radical (unpaired) electrons. The molecule has 2 aromatic carbocycles. The number of nitro benzene ring substituents is 1. The minimum atomic E-state index is -0.486. The molecular formula is C16H15ClN2O4. The molecule has 120 valence electrons. The van der Waals surface area contributed by atoms with Crippen LogP contribution >= 0.6 is 11.6 Å². The smallest absolute Gasteiger partial charge is 0.269 e. The summed E-state index contributed by atoms with van der Waals surface area (Å²) in [4.78, 5) is 21.8. The third kappa shape index (κ3) is 5.60. The molecular weight excluding hydrogens is 320 g/mol. The first-order chi connectivity index (χ1) is 11.0. The second-order valence-electron chi connectivity index (χ2n) is 4.76. The average Bonchev–Trinajstić information content (AvgIpc) is 2.54. The highest BCUT2D eigenvalue weighted by Gasteiger charge is 2.06. The molecule has 1 amide bonds. The summed E-state index contributed by atoms with van der Waals surface area (Å²) in [5.41, 5.74) is 0.513. The highest BCUT2D eigenvalue weighted by molar-refractivity contribution is 6.30. The van der Waals surface area contributed by atoms with E-state index in [1.165, 1.54) is 24.3 Å². The molecule has 0 atom stereocenters. The lowest BCUT2D eigenvalue weighted by molar-refractivity contribution is -0.384. The van der Waals surface area contributed by atoms with E-state index in [1.54, 1.807) is 24.3 Å². The Hall–Kier alpha value is -2.60. The number of halogens is 1. The lowest BCUT2D eigenvalue weighted by Crippen LogP contribution is -2.12. The van der Waals surface area contributed by atoms with Crippen molar-refractivity contribution in [1.29, 1.82) is 0 Å². The molecule has 0 aromatic heterocycles. The Morgan fingerprint density at radius 1 is 1.13 bits per heavy atom. The van der Waals surface area contributed by atoms with Crippen LogP contribution in [0.4, 0.5) is 11.4 Å². The van der Waals surface area contributed by atoms with E-state index in [-0.39, 0.29) is 11.6 Å². The van der Waals surface area contributed by atoms with Crippen molar-refractivity contribution >= 4 is 28.9 Å². The van der Waals surface area contributed by atoms with E-state index in [9.17, 15) is 14.9 Å². The first-order valence-corrected chi connectivity index (χ1v) is 7.35. The van der Waals surface area contributed by atoms with E-state index in [4.69, 9.17) is 16.3 Å². The average molecular weight is 335 g/mol. The summed E-state index contributed by atoms with van der Waals surface area (Å²) in [6, 6.07) is 12.7. The van der Waals surface area contributed by atoms with Crippen molar-refractivity contribution in [2.45, 2.75) is 12.8 Å². The topological polar surface area (TPSA) is 81.5 Å². The van der Waals surface area contributed by atoms with Gasteiger partial charge in [0.2, 0.25) is 5.91 Å². The van der Waals surface area contributed by atoms with E-state index in [0.717, 1.165) is 0 Å². The minimum absolute atomic E-state index is 0.0145. The number of carbonyl (C=O) groups excluding carboxylic acids is 1. The lowest BCUT2D eigenvalue weighted by Gasteiger charge is -2.07. The van der Waals surface area contributed by atoms with Gasteiger partial charge in [-0.05, 0) is 42.8 Å². The van der Waals surface area contributed by atoms with Gasteiger partial charge in [-0.2, -0.15) is 0 Å². The number of carbonyl (C=O) groups is 1. The maximum absolute atomic E-state index is 11.8. The fraction of sp³-hybridized carbons (Fsp3) is 0.188. The summed E-state index contributed by atoms with van der Waals surface area (Å²) in [5.74, 6) is 0.531.